The number of anilines is 1. The van der Waals surface area contributed by atoms with E-state index in [0.29, 0.717) is 23.5 Å². The number of pyridine rings is 1. The molecule has 6 nitrogen and oxygen atoms in total. The van der Waals surface area contributed by atoms with Gasteiger partial charge in [0.25, 0.3) is 0 Å². The Kier molecular flexibility index (Phi) is 3.52. The van der Waals surface area contributed by atoms with Gasteiger partial charge in [-0.1, -0.05) is 12.1 Å². The molecular weight excluding hydrogens is 336 g/mol. The predicted molar refractivity (Wildman–Crippen MR) is 103 cm³/mol. The van der Waals surface area contributed by atoms with Crippen molar-refractivity contribution < 1.29 is 0 Å². The molecule has 0 unspecified atom stereocenters. The number of nitrogen functional groups attached to an aromatic ring is 1. The lowest BCUT2D eigenvalue weighted by molar-refractivity contribution is 0.222. The number of nitrogens with zero attached hydrogens (tertiary/aromatic N) is 5. The minimum atomic E-state index is 0.294. The number of hydrogen-bond donors (Lipinski definition) is 1. The van der Waals surface area contributed by atoms with Gasteiger partial charge in [0.2, 0.25) is 0 Å². The zero-order valence-electron chi connectivity index (χ0n) is 15.1. The molecule has 0 spiro atoms. The fourth-order valence-electron chi connectivity index (χ4n) is 4.65. The van der Waals surface area contributed by atoms with Crippen molar-refractivity contribution in [3.8, 4) is 22.9 Å². The molecule has 0 amide bonds. The molecule has 4 heterocycles. The molecule has 27 heavy (non-hydrogen) atoms. The van der Waals surface area contributed by atoms with Crippen molar-refractivity contribution in [1.82, 2.24) is 19.7 Å². The maximum atomic E-state index is 9.85. The fourth-order valence-corrected chi connectivity index (χ4v) is 4.65. The zero-order chi connectivity index (χ0) is 18.5. The average Bonchev–Trinajstić information content (AvgIpc) is 3.28. The van der Waals surface area contributed by atoms with Gasteiger partial charge in [-0.25, -0.2) is 9.67 Å². The highest BCUT2D eigenvalue weighted by Gasteiger charge is 2.41. The second-order valence-electron chi connectivity index (χ2n) is 7.34. The smallest absolute Gasteiger partial charge is 0.142 e. The van der Waals surface area contributed by atoms with Gasteiger partial charge in [0.1, 0.15) is 17.5 Å². The summed E-state index contributed by atoms with van der Waals surface area (Å²) in [6.07, 6.45) is 6.82. The van der Waals surface area contributed by atoms with Crippen LogP contribution in [-0.2, 0) is 6.42 Å². The number of fused-ring (bicyclic) bond motifs is 4. The minimum absolute atomic E-state index is 0.294. The number of hydrogen-bond acceptors (Lipinski definition) is 5. The van der Waals surface area contributed by atoms with Gasteiger partial charge in [0.05, 0.1) is 5.69 Å². The average molecular weight is 356 g/mol. The van der Waals surface area contributed by atoms with E-state index in [1.165, 1.54) is 5.56 Å². The SMILES string of the molecule is CN1[C@H]2CC[C@@H]1c1c(nc(N)c(C#N)c1-c1cccc(-n3cccn3)c1)C2. The van der Waals surface area contributed by atoms with Gasteiger partial charge >= 0.3 is 0 Å². The number of aromatic nitrogens is 3. The van der Waals surface area contributed by atoms with E-state index in [1.54, 1.807) is 6.20 Å². The minimum Gasteiger partial charge on any atom is -0.383 e. The van der Waals surface area contributed by atoms with Gasteiger partial charge in [-0.05, 0) is 43.7 Å². The molecule has 1 fully saturated rings. The molecule has 2 bridgehead atoms. The second kappa shape index (κ2) is 5.93. The lowest BCUT2D eigenvalue weighted by atomic mass is 9.87. The van der Waals surface area contributed by atoms with Crippen molar-refractivity contribution in [3.05, 3.63) is 59.5 Å². The van der Waals surface area contributed by atoms with E-state index >= 15 is 0 Å². The Balaban J connectivity index is 1.77. The highest BCUT2D eigenvalue weighted by molar-refractivity contribution is 5.81. The molecule has 6 heteroatoms. The van der Waals surface area contributed by atoms with E-state index in [2.05, 4.69) is 34.2 Å². The lowest BCUT2D eigenvalue weighted by Gasteiger charge is -2.34. The Morgan fingerprint density at radius 2 is 2.15 bits per heavy atom. The second-order valence-corrected chi connectivity index (χ2v) is 7.34. The summed E-state index contributed by atoms with van der Waals surface area (Å²) >= 11 is 0. The first-order valence-electron chi connectivity index (χ1n) is 9.22. The molecule has 134 valence electrons. The molecule has 5 rings (SSSR count). The normalized spacial score (nSPS) is 21.0. The maximum Gasteiger partial charge on any atom is 0.142 e. The van der Waals surface area contributed by atoms with Crippen LogP contribution < -0.4 is 5.73 Å². The fraction of sp³-hybridized carbons (Fsp3) is 0.286. The van der Waals surface area contributed by atoms with Gasteiger partial charge in [-0.3, -0.25) is 4.90 Å². The summed E-state index contributed by atoms with van der Waals surface area (Å²) < 4.78 is 1.82. The molecule has 2 aliphatic rings. The van der Waals surface area contributed by atoms with Crippen molar-refractivity contribution in [2.24, 2.45) is 0 Å². The summed E-state index contributed by atoms with van der Waals surface area (Å²) in [6, 6.07) is 13.2. The van der Waals surface area contributed by atoms with Crippen molar-refractivity contribution in [1.29, 1.82) is 5.26 Å². The summed E-state index contributed by atoms with van der Waals surface area (Å²) in [6.45, 7) is 0. The van der Waals surface area contributed by atoms with Crippen LogP contribution >= 0.6 is 0 Å². The summed E-state index contributed by atoms with van der Waals surface area (Å²) in [4.78, 5) is 7.06. The van der Waals surface area contributed by atoms with E-state index in [0.717, 1.165) is 41.8 Å². The molecule has 1 aromatic carbocycles. The van der Waals surface area contributed by atoms with E-state index in [1.807, 2.05) is 35.1 Å². The summed E-state index contributed by atoms with van der Waals surface area (Å²) in [7, 11) is 2.18. The molecule has 1 saturated heterocycles. The first-order chi connectivity index (χ1) is 13.2. The molecule has 2 aromatic heterocycles. The standard InChI is InChI=1S/C21H20N6/c1-26-14-6-7-18(26)20-17(11-14)25-21(23)16(12-22)19(20)13-4-2-5-15(10-13)27-9-3-8-24-27/h2-5,8-10,14,18H,6-7,11H2,1H3,(H2,23,25)/t14-,18+/m0/s1. The zero-order valence-corrected chi connectivity index (χ0v) is 15.1. The van der Waals surface area contributed by atoms with Gasteiger partial charge in [0, 0.05) is 47.7 Å². The van der Waals surface area contributed by atoms with Crippen LogP contribution in [0.1, 0.15) is 35.7 Å². The van der Waals surface area contributed by atoms with Gasteiger partial charge in [-0.2, -0.15) is 10.4 Å². The molecule has 3 aromatic rings. The Bertz CT molecular complexity index is 1060. The largest absolute Gasteiger partial charge is 0.383 e. The number of nitrogens with two attached hydrogens (primary N) is 1. The van der Waals surface area contributed by atoms with Crippen molar-refractivity contribution in [2.45, 2.75) is 31.3 Å². The van der Waals surface area contributed by atoms with E-state index in [-0.39, 0.29) is 0 Å². The quantitative estimate of drug-likeness (QED) is 0.763. The van der Waals surface area contributed by atoms with Gasteiger partial charge < -0.3 is 5.73 Å². The summed E-state index contributed by atoms with van der Waals surface area (Å²) in [5, 5.41) is 14.2. The molecule has 0 aliphatic carbocycles. The summed E-state index contributed by atoms with van der Waals surface area (Å²) in [5.74, 6) is 0.333. The van der Waals surface area contributed by atoms with Crippen LogP contribution in [0.4, 0.5) is 5.82 Å². The number of nitriles is 1. The monoisotopic (exact) mass is 356 g/mol. The van der Waals surface area contributed by atoms with Crippen LogP contribution in [0.5, 0.6) is 0 Å². The molecule has 0 saturated carbocycles. The first-order valence-corrected chi connectivity index (χ1v) is 9.22. The van der Waals surface area contributed by atoms with E-state index in [9.17, 15) is 5.26 Å². The molecule has 2 N–H and O–H groups in total. The molecular formula is C21H20N6. The van der Waals surface area contributed by atoms with Crippen LogP contribution in [0.2, 0.25) is 0 Å². The van der Waals surface area contributed by atoms with Crippen molar-refractivity contribution >= 4 is 5.82 Å². The molecule has 0 radical (unpaired) electrons. The van der Waals surface area contributed by atoms with Crippen molar-refractivity contribution in [2.75, 3.05) is 12.8 Å². The van der Waals surface area contributed by atoms with Gasteiger partial charge in [-0.15, -0.1) is 0 Å². The number of benzene rings is 1. The summed E-state index contributed by atoms with van der Waals surface area (Å²) in [5.41, 5.74) is 11.8. The Labute approximate surface area is 157 Å². The number of likely N-dealkylation sites (N-methyl/N-ethyl adjacent to an activating group) is 1. The first kappa shape index (κ1) is 16.0. The van der Waals surface area contributed by atoms with Crippen LogP contribution in [0.15, 0.2) is 42.7 Å². The lowest BCUT2D eigenvalue weighted by Crippen LogP contribution is -2.35. The Hall–Kier alpha value is -3.17. The molecule has 2 atom stereocenters. The maximum absolute atomic E-state index is 9.85. The predicted octanol–water partition coefficient (Wildman–Crippen LogP) is 3.08. The van der Waals surface area contributed by atoms with E-state index in [4.69, 9.17) is 5.73 Å². The Morgan fingerprint density at radius 3 is 2.93 bits per heavy atom. The highest BCUT2D eigenvalue weighted by Crippen LogP contribution is 2.47. The topological polar surface area (TPSA) is 83.8 Å². The Morgan fingerprint density at radius 1 is 1.26 bits per heavy atom. The third-order valence-corrected chi connectivity index (χ3v) is 5.96. The van der Waals surface area contributed by atoms with Crippen LogP contribution in [0.25, 0.3) is 16.8 Å². The third-order valence-electron chi connectivity index (χ3n) is 5.96. The third kappa shape index (κ3) is 2.36. The van der Waals surface area contributed by atoms with Crippen LogP contribution in [-0.4, -0.2) is 32.8 Å². The van der Waals surface area contributed by atoms with Crippen LogP contribution in [0, 0.1) is 11.3 Å². The van der Waals surface area contributed by atoms with Crippen molar-refractivity contribution in [3.63, 3.8) is 0 Å². The van der Waals surface area contributed by atoms with Gasteiger partial charge in [0.15, 0.2) is 0 Å². The highest BCUT2D eigenvalue weighted by atomic mass is 15.3. The number of rotatable bonds is 2. The molecule has 2 aliphatic heterocycles. The van der Waals surface area contributed by atoms with E-state index < -0.39 is 0 Å². The van der Waals surface area contributed by atoms with Crippen LogP contribution in [0.3, 0.4) is 0 Å².